The van der Waals surface area contributed by atoms with Crippen molar-refractivity contribution in [2.24, 2.45) is 5.41 Å². The lowest BCUT2D eigenvalue weighted by molar-refractivity contribution is -0.384. The Balaban J connectivity index is 0.879. The summed E-state index contributed by atoms with van der Waals surface area (Å²) in [5.41, 5.74) is 5.40. The molecule has 2 atom stereocenters. The third kappa shape index (κ3) is 13.6. The Bertz CT molecular complexity index is 2460. The zero-order valence-electron chi connectivity index (χ0n) is 39.0. The van der Waals surface area contributed by atoms with E-state index in [9.17, 15) is 23.3 Å². The van der Waals surface area contributed by atoms with Gasteiger partial charge in [-0.25, -0.2) is 13.1 Å². The molecule has 3 saturated heterocycles. The first-order chi connectivity index (χ1) is 32.9. The second-order valence-corrected chi connectivity index (χ2v) is 22.1. The summed E-state index contributed by atoms with van der Waals surface area (Å²) < 4.78 is 35.0. The van der Waals surface area contributed by atoms with E-state index in [2.05, 4.69) is 54.0 Å². The van der Waals surface area contributed by atoms with Crippen molar-refractivity contribution in [3.63, 3.8) is 0 Å². The lowest BCUT2D eigenvalue weighted by Crippen LogP contribution is -2.49. The molecule has 14 nitrogen and oxygen atoms in total. The molecule has 4 aromatic carbocycles. The number of halogens is 1. The van der Waals surface area contributed by atoms with Gasteiger partial charge in [0.1, 0.15) is 5.69 Å². The molecule has 3 aliphatic heterocycles. The maximum atomic E-state index is 13.6. The number of rotatable bonds is 18. The van der Waals surface area contributed by atoms with Gasteiger partial charge in [-0.3, -0.25) is 19.8 Å². The monoisotopic (exact) mass is 984 g/mol. The quantitative estimate of drug-likeness (QED) is 0.0508. The van der Waals surface area contributed by atoms with Crippen LogP contribution < -0.4 is 20.3 Å². The number of amides is 1. The van der Waals surface area contributed by atoms with E-state index in [1.807, 2.05) is 54.6 Å². The van der Waals surface area contributed by atoms with Gasteiger partial charge in [0.05, 0.1) is 16.4 Å². The van der Waals surface area contributed by atoms with Gasteiger partial charge in [-0.1, -0.05) is 54.4 Å². The van der Waals surface area contributed by atoms with E-state index < -0.39 is 20.9 Å². The van der Waals surface area contributed by atoms with Gasteiger partial charge in [0.15, 0.2) is 0 Å². The molecule has 0 aromatic heterocycles. The van der Waals surface area contributed by atoms with Crippen molar-refractivity contribution in [1.82, 2.24) is 24.7 Å². The number of hydrogen-bond donors (Lipinski definition) is 3. The number of benzene rings is 4. The predicted molar refractivity (Wildman–Crippen MR) is 274 cm³/mol. The number of hydrogen-bond acceptors (Lipinski definition) is 13. The summed E-state index contributed by atoms with van der Waals surface area (Å²) >= 11 is 7.95. The van der Waals surface area contributed by atoms with Crippen LogP contribution in [0.5, 0.6) is 0 Å². The molecule has 364 valence electrons. The SMILES string of the molecule is C[C@@]1(CN2CCNCC2)CCC(c2ccc(Cl)cc2)=C(CN2CCN(c3ccc(C(=O)NS(=O)(=O)c4ccc(N[C@H](CCN5CCCOCC5)CSc5ccccc5)c([N+](=O)[O-])c4)cc3)CC2)C1. The highest BCUT2D eigenvalue weighted by Crippen LogP contribution is 2.44. The summed E-state index contributed by atoms with van der Waals surface area (Å²) in [4.78, 5) is 35.8. The van der Waals surface area contributed by atoms with Gasteiger partial charge >= 0.3 is 0 Å². The van der Waals surface area contributed by atoms with Crippen LogP contribution in [-0.4, -0.2) is 144 Å². The molecule has 3 fully saturated rings. The minimum absolute atomic E-state index is 0.158. The van der Waals surface area contributed by atoms with E-state index in [0.717, 1.165) is 139 Å². The molecule has 4 aliphatic rings. The Morgan fingerprint density at radius 3 is 2.38 bits per heavy atom. The number of carbonyl (C=O) groups is 1. The fraction of sp³-hybridized carbons (Fsp3) is 0.471. The third-order valence-corrected chi connectivity index (χ3v) is 16.5. The largest absolute Gasteiger partial charge is 0.380 e. The third-order valence-electron chi connectivity index (χ3n) is 13.7. The maximum Gasteiger partial charge on any atom is 0.293 e. The average Bonchev–Trinajstić information content (AvgIpc) is 3.63. The highest BCUT2D eigenvalue weighted by Gasteiger charge is 2.35. The fourth-order valence-corrected chi connectivity index (χ4v) is 12.1. The van der Waals surface area contributed by atoms with Crippen molar-refractivity contribution in [2.45, 2.75) is 54.9 Å². The molecule has 0 saturated carbocycles. The van der Waals surface area contributed by atoms with E-state index in [-0.39, 0.29) is 33.3 Å². The molecule has 8 rings (SSSR count). The smallest absolute Gasteiger partial charge is 0.293 e. The molecule has 68 heavy (non-hydrogen) atoms. The van der Waals surface area contributed by atoms with Crippen LogP contribution in [0.25, 0.3) is 5.57 Å². The van der Waals surface area contributed by atoms with Crippen LogP contribution in [0.15, 0.2) is 112 Å². The number of sulfonamides is 1. The Morgan fingerprint density at radius 2 is 1.65 bits per heavy atom. The van der Waals surface area contributed by atoms with Gasteiger partial charge in [-0.2, -0.15) is 0 Å². The van der Waals surface area contributed by atoms with Crippen LogP contribution in [0.1, 0.15) is 54.9 Å². The summed E-state index contributed by atoms with van der Waals surface area (Å²) in [5.74, 6) is -0.178. The predicted octanol–water partition coefficient (Wildman–Crippen LogP) is 7.72. The van der Waals surface area contributed by atoms with E-state index >= 15 is 0 Å². The van der Waals surface area contributed by atoms with Crippen molar-refractivity contribution in [3.8, 4) is 0 Å². The summed E-state index contributed by atoms with van der Waals surface area (Å²) in [6.07, 6.45) is 4.94. The zero-order chi connectivity index (χ0) is 47.5. The zero-order valence-corrected chi connectivity index (χ0v) is 41.4. The van der Waals surface area contributed by atoms with Crippen LogP contribution in [0, 0.1) is 15.5 Å². The first-order valence-electron chi connectivity index (χ1n) is 24.0. The molecule has 1 aliphatic carbocycles. The molecule has 0 unspecified atom stereocenters. The van der Waals surface area contributed by atoms with Crippen LogP contribution >= 0.6 is 23.4 Å². The topological polar surface area (TPSA) is 153 Å². The lowest BCUT2D eigenvalue weighted by Gasteiger charge is -2.43. The Morgan fingerprint density at radius 1 is 0.897 bits per heavy atom. The van der Waals surface area contributed by atoms with Crippen molar-refractivity contribution < 1.29 is 22.9 Å². The van der Waals surface area contributed by atoms with Crippen LogP contribution in [0.4, 0.5) is 17.1 Å². The number of nitro benzene ring substituents is 1. The van der Waals surface area contributed by atoms with Crippen LogP contribution in [0.2, 0.25) is 5.02 Å². The number of nitrogens with one attached hydrogen (secondary N) is 3. The summed E-state index contributed by atoms with van der Waals surface area (Å²) in [5, 5.41) is 20.0. The molecule has 1 amide bonds. The number of allylic oxidation sites excluding steroid dienone is 1. The number of thioether (sulfide) groups is 1. The summed E-state index contributed by atoms with van der Waals surface area (Å²) in [7, 11) is -4.46. The van der Waals surface area contributed by atoms with Gasteiger partial charge in [-0.15, -0.1) is 11.8 Å². The molecule has 0 radical (unpaired) electrons. The van der Waals surface area contributed by atoms with E-state index in [4.69, 9.17) is 16.3 Å². The van der Waals surface area contributed by atoms with Gasteiger partial charge in [0.25, 0.3) is 21.6 Å². The van der Waals surface area contributed by atoms with Gasteiger partial charge in [0, 0.05) is 131 Å². The average molecular weight is 986 g/mol. The van der Waals surface area contributed by atoms with Crippen LogP contribution in [-0.2, 0) is 14.8 Å². The highest BCUT2D eigenvalue weighted by molar-refractivity contribution is 7.99. The Kier molecular flexibility index (Phi) is 17.2. The standard InChI is InChI=1S/C51H65ClN8O6S2/c1-51(38-58-25-21-53-22-26-58)20-18-47(39-8-12-42(52)13-9-39)41(35-51)36-57-27-29-59(30-28-57)44-14-10-40(11-15-44)50(61)55-68(64,65)46-16-17-48(49(34-46)60(62)63)54-43(37-67-45-6-3-2-4-7-45)19-24-56-23-5-32-66-33-31-56/h2-4,6-17,34,43,53-54H,5,18-33,35-38H2,1H3,(H,55,61)/t43-,51-/m1/s1. The number of ether oxygens (including phenoxy) is 1. The molecule has 0 bridgehead atoms. The number of nitrogens with zero attached hydrogens (tertiary/aromatic N) is 5. The number of nitro groups is 1. The number of anilines is 2. The molecule has 4 aromatic rings. The first kappa shape index (κ1) is 49.9. The molecular weight excluding hydrogens is 920 g/mol. The van der Waals surface area contributed by atoms with Crippen molar-refractivity contribution in [1.29, 1.82) is 0 Å². The second-order valence-electron chi connectivity index (χ2n) is 18.8. The highest BCUT2D eigenvalue weighted by atomic mass is 35.5. The van der Waals surface area contributed by atoms with E-state index in [1.54, 1.807) is 23.9 Å². The number of piperazine rings is 2. The minimum Gasteiger partial charge on any atom is -0.380 e. The van der Waals surface area contributed by atoms with Gasteiger partial charge in [0.2, 0.25) is 0 Å². The maximum absolute atomic E-state index is 13.6. The van der Waals surface area contributed by atoms with Crippen molar-refractivity contribution in [2.75, 3.05) is 114 Å². The van der Waals surface area contributed by atoms with Crippen molar-refractivity contribution in [3.05, 3.63) is 129 Å². The lowest BCUT2D eigenvalue weighted by atomic mass is 9.71. The fourth-order valence-electron chi connectivity index (χ4n) is 9.95. The molecule has 3 heterocycles. The Labute approximate surface area is 411 Å². The normalized spacial score (nSPS) is 20.7. The number of carbonyl (C=O) groups excluding carboxylic acids is 1. The van der Waals surface area contributed by atoms with Gasteiger partial charge < -0.3 is 30.1 Å². The summed E-state index contributed by atoms with van der Waals surface area (Å²) in [6, 6.07) is 28.8. The van der Waals surface area contributed by atoms with Crippen LogP contribution in [0.3, 0.4) is 0 Å². The van der Waals surface area contributed by atoms with Gasteiger partial charge in [-0.05, 0) is 109 Å². The molecule has 0 spiro atoms. The summed E-state index contributed by atoms with van der Waals surface area (Å²) in [6.45, 7) is 16.1. The van der Waals surface area contributed by atoms with E-state index in [0.29, 0.717) is 18.8 Å². The molecule has 3 N–H and O–H groups in total. The molecule has 17 heteroatoms. The first-order valence-corrected chi connectivity index (χ1v) is 26.8. The van der Waals surface area contributed by atoms with E-state index in [1.165, 1.54) is 28.8 Å². The second kappa shape index (κ2) is 23.4. The molecular formula is C51H65ClN8O6S2. The van der Waals surface area contributed by atoms with Crippen molar-refractivity contribution >= 4 is 61.9 Å². The minimum atomic E-state index is -4.46. The Hall–Kier alpha value is -4.52.